The van der Waals surface area contributed by atoms with E-state index in [1.165, 1.54) is 12.1 Å². The van der Waals surface area contributed by atoms with Crippen molar-refractivity contribution in [3.05, 3.63) is 59.1 Å². The van der Waals surface area contributed by atoms with Crippen LogP contribution in [0.5, 0.6) is 0 Å². The molecule has 1 aliphatic rings. The molecule has 0 aliphatic carbocycles. The lowest BCUT2D eigenvalue weighted by atomic mass is 9.83. The lowest BCUT2D eigenvalue weighted by Crippen LogP contribution is -2.50. The third-order valence-corrected chi connectivity index (χ3v) is 6.91. The fourth-order valence-corrected chi connectivity index (χ4v) is 4.34. The lowest BCUT2D eigenvalue weighted by molar-refractivity contribution is 0.0418. The van der Waals surface area contributed by atoms with Crippen molar-refractivity contribution in [3.8, 4) is 0 Å². The average molecular weight is 423 g/mol. The summed E-state index contributed by atoms with van der Waals surface area (Å²) in [5.41, 5.74) is 0.808. The van der Waals surface area contributed by atoms with E-state index in [1.807, 2.05) is 12.1 Å². The third-order valence-electron chi connectivity index (χ3n) is 4.93. The van der Waals surface area contributed by atoms with E-state index in [2.05, 4.69) is 10.6 Å². The summed E-state index contributed by atoms with van der Waals surface area (Å²) in [4.78, 5) is 12.9. The van der Waals surface area contributed by atoms with Crippen LogP contribution in [0.1, 0.15) is 25.3 Å². The fourth-order valence-electron chi connectivity index (χ4n) is 3.29. The highest BCUT2D eigenvalue weighted by Crippen LogP contribution is 2.33. The molecule has 1 heterocycles. The van der Waals surface area contributed by atoms with Crippen molar-refractivity contribution in [2.24, 2.45) is 0 Å². The Hall–Kier alpha value is -2.09. The predicted octanol–water partition coefficient (Wildman–Crippen LogP) is 3.96. The molecule has 0 atom stereocenters. The van der Waals surface area contributed by atoms with E-state index in [9.17, 15) is 13.2 Å². The monoisotopic (exact) mass is 422 g/mol. The molecule has 2 amide bonds. The summed E-state index contributed by atoms with van der Waals surface area (Å²) in [5.74, 6) is 0.00231. The molecule has 6 nitrogen and oxygen atoms in total. The number of nitrogens with one attached hydrogen (secondary N) is 2. The molecular formula is C20H23ClN2O4S. The highest BCUT2D eigenvalue weighted by molar-refractivity contribution is 7.91. The average Bonchev–Trinajstić information content (AvgIpc) is 2.69. The number of ether oxygens (including phenoxy) is 1. The van der Waals surface area contributed by atoms with Crippen LogP contribution >= 0.6 is 11.6 Å². The van der Waals surface area contributed by atoms with Crippen LogP contribution in [0.3, 0.4) is 0 Å². The summed E-state index contributed by atoms with van der Waals surface area (Å²) in [6.07, 6.45) is 1.26. The highest BCUT2D eigenvalue weighted by atomic mass is 35.5. The van der Waals surface area contributed by atoms with E-state index in [4.69, 9.17) is 16.3 Å². The zero-order valence-corrected chi connectivity index (χ0v) is 17.1. The second-order valence-corrected chi connectivity index (χ2v) is 9.43. The largest absolute Gasteiger partial charge is 0.381 e. The topological polar surface area (TPSA) is 84.5 Å². The smallest absolute Gasteiger partial charge is 0.319 e. The van der Waals surface area contributed by atoms with Gasteiger partial charge in [0, 0.05) is 23.9 Å². The molecule has 150 valence electrons. The summed E-state index contributed by atoms with van der Waals surface area (Å²) in [5, 5.41) is 6.45. The van der Waals surface area contributed by atoms with Crippen molar-refractivity contribution >= 4 is 33.2 Å². The molecule has 1 saturated heterocycles. The number of amides is 2. The molecular weight excluding hydrogens is 400 g/mol. The Kier molecular flexibility index (Phi) is 6.27. The first kappa shape index (κ1) is 20.6. The summed E-state index contributed by atoms with van der Waals surface area (Å²) in [6.45, 7) is 2.66. The van der Waals surface area contributed by atoms with E-state index < -0.39 is 21.4 Å². The summed E-state index contributed by atoms with van der Waals surface area (Å²) in [6, 6.07) is 13.3. The van der Waals surface area contributed by atoms with Crippen molar-refractivity contribution < 1.29 is 17.9 Å². The van der Waals surface area contributed by atoms with Gasteiger partial charge in [-0.3, -0.25) is 0 Å². The van der Waals surface area contributed by atoms with Crippen LogP contribution < -0.4 is 10.6 Å². The molecule has 2 N–H and O–H groups in total. The molecule has 1 aliphatic heterocycles. The summed E-state index contributed by atoms with van der Waals surface area (Å²) >= 11 is 6.00. The van der Waals surface area contributed by atoms with Crippen LogP contribution in [0.4, 0.5) is 10.5 Å². The Labute approximate surface area is 170 Å². The Bertz CT molecular complexity index is 939. The van der Waals surface area contributed by atoms with Gasteiger partial charge < -0.3 is 15.4 Å². The Morgan fingerprint density at radius 3 is 2.46 bits per heavy atom. The van der Waals surface area contributed by atoms with Crippen molar-refractivity contribution in [3.63, 3.8) is 0 Å². The first-order valence-corrected chi connectivity index (χ1v) is 11.1. The minimum atomic E-state index is -3.34. The standard InChI is InChI=1S/C20H23ClN2O4S/c1-2-28(25,26)18-5-3-4-17(14-18)22-19(24)23-20(10-12-27-13-11-20)15-6-8-16(21)9-7-15/h3-9,14H,2,10-13H2,1H3,(H2,22,23,24). The van der Waals surface area contributed by atoms with Gasteiger partial charge in [-0.1, -0.05) is 36.7 Å². The number of rotatable bonds is 5. The third kappa shape index (κ3) is 4.66. The first-order chi connectivity index (χ1) is 13.3. The van der Waals surface area contributed by atoms with Crippen molar-refractivity contribution in [2.45, 2.75) is 30.2 Å². The number of sulfone groups is 1. The van der Waals surface area contributed by atoms with Gasteiger partial charge in [0.15, 0.2) is 9.84 Å². The number of urea groups is 1. The van der Waals surface area contributed by atoms with Crippen LogP contribution in [-0.4, -0.2) is 33.4 Å². The number of halogens is 1. The van der Waals surface area contributed by atoms with Gasteiger partial charge in [-0.15, -0.1) is 0 Å². The molecule has 0 unspecified atom stereocenters. The number of hydrogen-bond acceptors (Lipinski definition) is 4. The van der Waals surface area contributed by atoms with Gasteiger partial charge in [0.1, 0.15) is 0 Å². The highest BCUT2D eigenvalue weighted by Gasteiger charge is 2.36. The van der Waals surface area contributed by atoms with Crippen LogP contribution in [0.25, 0.3) is 0 Å². The SMILES string of the molecule is CCS(=O)(=O)c1cccc(NC(=O)NC2(c3ccc(Cl)cc3)CCOCC2)c1. The molecule has 8 heteroatoms. The maximum absolute atomic E-state index is 12.7. The summed E-state index contributed by atoms with van der Waals surface area (Å²) < 4.78 is 29.6. The van der Waals surface area contributed by atoms with Gasteiger partial charge in [0.2, 0.25) is 0 Å². The fraction of sp³-hybridized carbons (Fsp3) is 0.350. The molecule has 0 radical (unpaired) electrons. The molecule has 0 bridgehead atoms. The molecule has 1 fully saturated rings. The first-order valence-electron chi connectivity index (χ1n) is 9.10. The molecule has 0 aromatic heterocycles. The van der Waals surface area contributed by atoms with E-state index in [1.54, 1.807) is 31.2 Å². The van der Waals surface area contributed by atoms with Gasteiger partial charge in [0.05, 0.1) is 16.2 Å². The van der Waals surface area contributed by atoms with Crippen LogP contribution in [0.15, 0.2) is 53.4 Å². The minimum Gasteiger partial charge on any atom is -0.381 e. The Morgan fingerprint density at radius 1 is 1.14 bits per heavy atom. The maximum atomic E-state index is 12.7. The van der Waals surface area contributed by atoms with Gasteiger partial charge in [-0.2, -0.15) is 0 Å². The maximum Gasteiger partial charge on any atom is 0.319 e. The Morgan fingerprint density at radius 2 is 1.82 bits per heavy atom. The zero-order chi connectivity index (χ0) is 20.2. The van der Waals surface area contributed by atoms with Gasteiger partial charge >= 0.3 is 6.03 Å². The number of carbonyl (C=O) groups excluding carboxylic acids is 1. The number of carbonyl (C=O) groups is 1. The van der Waals surface area contributed by atoms with E-state index in [0.717, 1.165) is 5.56 Å². The quantitative estimate of drug-likeness (QED) is 0.763. The molecule has 3 rings (SSSR count). The second kappa shape index (κ2) is 8.51. The van der Waals surface area contributed by atoms with Gasteiger partial charge in [-0.05, 0) is 48.7 Å². The zero-order valence-electron chi connectivity index (χ0n) is 15.6. The lowest BCUT2D eigenvalue weighted by Gasteiger charge is -2.38. The minimum absolute atomic E-state index is 0.00231. The van der Waals surface area contributed by atoms with Crippen LogP contribution in [0, 0.1) is 0 Å². The van der Waals surface area contributed by atoms with E-state index >= 15 is 0 Å². The second-order valence-electron chi connectivity index (χ2n) is 6.71. The van der Waals surface area contributed by atoms with Crippen molar-refractivity contribution in [1.82, 2.24) is 5.32 Å². The molecule has 2 aromatic rings. The van der Waals surface area contributed by atoms with Gasteiger partial charge in [0.25, 0.3) is 0 Å². The molecule has 0 spiro atoms. The number of benzene rings is 2. The molecule has 2 aromatic carbocycles. The van der Waals surface area contributed by atoms with Crippen LogP contribution in [0.2, 0.25) is 5.02 Å². The predicted molar refractivity (Wildman–Crippen MR) is 110 cm³/mol. The number of hydrogen-bond donors (Lipinski definition) is 2. The number of anilines is 1. The van der Waals surface area contributed by atoms with Crippen molar-refractivity contribution in [1.29, 1.82) is 0 Å². The van der Waals surface area contributed by atoms with E-state index in [0.29, 0.717) is 36.8 Å². The van der Waals surface area contributed by atoms with Crippen molar-refractivity contribution in [2.75, 3.05) is 24.3 Å². The molecule has 28 heavy (non-hydrogen) atoms. The molecule has 0 saturated carbocycles. The van der Waals surface area contributed by atoms with E-state index in [-0.39, 0.29) is 10.6 Å². The van der Waals surface area contributed by atoms with Gasteiger partial charge in [-0.25, -0.2) is 13.2 Å². The normalized spacial score (nSPS) is 16.4. The Balaban J connectivity index is 1.80. The summed E-state index contributed by atoms with van der Waals surface area (Å²) in [7, 11) is -3.34. The van der Waals surface area contributed by atoms with Crippen LogP contribution in [-0.2, 0) is 20.1 Å².